The zero-order valence-corrected chi connectivity index (χ0v) is 20.1. The number of nitrogens with zero attached hydrogens (tertiary/aromatic N) is 3. The zero-order chi connectivity index (χ0) is 25.2. The molecule has 2 amide bonds. The van der Waals surface area contributed by atoms with Gasteiger partial charge in [-0.05, 0) is 61.9 Å². The smallest absolute Gasteiger partial charge is 0.265 e. The van der Waals surface area contributed by atoms with Crippen LogP contribution in [-0.4, -0.2) is 40.6 Å². The molecule has 182 valence electrons. The minimum absolute atomic E-state index is 0.0975. The van der Waals surface area contributed by atoms with Crippen LogP contribution in [0, 0.1) is 6.92 Å². The van der Waals surface area contributed by atoms with E-state index in [0.717, 1.165) is 6.42 Å². The maximum Gasteiger partial charge on any atom is 0.265 e. The number of rotatable bonds is 5. The number of amides is 2. The Hall–Kier alpha value is -4.46. The summed E-state index contributed by atoms with van der Waals surface area (Å²) in [7, 11) is 0. The van der Waals surface area contributed by atoms with E-state index in [1.807, 2.05) is 31.2 Å². The van der Waals surface area contributed by atoms with Crippen molar-refractivity contribution >= 4 is 28.4 Å². The minimum atomic E-state index is -0.806. The summed E-state index contributed by atoms with van der Waals surface area (Å²) in [5.41, 5.74) is 2.14. The summed E-state index contributed by atoms with van der Waals surface area (Å²) >= 11 is 0. The number of carbonyl (C=O) groups is 2. The van der Waals surface area contributed by atoms with Crippen LogP contribution >= 0.6 is 0 Å². The van der Waals surface area contributed by atoms with Gasteiger partial charge in [-0.25, -0.2) is 4.98 Å². The van der Waals surface area contributed by atoms with Crippen molar-refractivity contribution in [1.82, 2.24) is 14.9 Å². The zero-order valence-electron chi connectivity index (χ0n) is 20.1. The van der Waals surface area contributed by atoms with Crippen molar-refractivity contribution in [3.05, 3.63) is 94.5 Å². The molecule has 0 bridgehead atoms. The maximum atomic E-state index is 13.6. The van der Waals surface area contributed by atoms with Gasteiger partial charge in [-0.1, -0.05) is 31.2 Å². The molecule has 3 aromatic carbocycles. The number of aryl methyl sites for hydroxylation is 1. The Labute approximate surface area is 208 Å². The summed E-state index contributed by atoms with van der Waals surface area (Å²) in [6.07, 6.45) is -0.00106. The molecule has 4 aromatic rings. The highest BCUT2D eigenvalue weighted by Gasteiger charge is 2.34. The molecule has 0 spiro atoms. The first-order valence-corrected chi connectivity index (χ1v) is 11.9. The van der Waals surface area contributed by atoms with Crippen LogP contribution in [0.25, 0.3) is 16.6 Å². The third-order valence-corrected chi connectivity index (χ3v) is 6.18. The van der Waals surface area contributed by atoms with Crippen LogP contribution in [0.1, 0.15) is 29.5 Å². The first kappa shape index (κ1) is 23.3. The number of ether oxygens (including phenoxy) is 1. The van der Waals surface area contributed by atoms with Crippen molar-refractivity contribution < 1.29 is 14.3 Å². The molecule has 1 atom stereocenters. The molecule has 8 nitrogen and oxygen atoms in total. The van der Waals surface area contributed by atoms with E-state index in [2.05, 4.69) is 10.3 Å². The predicted molar refractivity (Wildman–Crippen MR) is 138 cm³/mol. The van der Waals surface area contributed by atoms with Gasteiger partial charge in [0.25, 0.3) is 17.4 Å². The van der Waals surface area contributed by atoms with Crippen molar-refractivity contribution in [2.75, 3.05) is 18.0 Å². The van der Waals surface area contributed by atoms with Crippen molar-refractivity contribution in [1.29, 1.82) is 0 Å². The van der Waals surface area contributed by atoms with Crippen LogP contribution in [0.15, 0.2) is 77.6 Å². The Morgan fingerprint density at radius 3 is 2.53 bits per heavy atom. The summed E-state index contributed by atoms with van der Waals surface area (Å²) in [6, 6.07) is 21.2. The number of fused-ring (bicyclic) bond motifs is 2. The summed E-state index contributed by atoms with van der Waals surface area (Å²) in [6.45, 7) is 4.39. The Morgan fingerprint density at radius 2 is 1.75 bits per heavy atom. The fourth-order valence-corrected chi connectivity index (χ4v) is 4.38. The van der Waals surface area contributed by atoms with Crippen LogP contribution < -0.4 is 20.5 Å². The Bertz CT molecular complexity index is 1510. The van der Waals surface area contributed by atoms with Gasteiger partial charge < -0.3 is 15.0 Å². The number of hydrogen-bond acceptors (Lipinski definition) is 5. The predicted octanol–water partition coefficient (Wildman–Crippen LogP) is 3.63. The average Bonchev–Trinajstić information content (AvgIpc) is 2.91. The number of para-hydroxylation sites is 3. The van der Waals surface area contributed by atoms with Gasteiger partial charge in [0.2, 0.25) is 0 Å². The van der Waals surface area contributed by atoms with Gasteiger partial charge in [0, 0.05) is 12.1 Å². The Kier molecular flexibility index (Phi) is 6.25. The second kappa shape index (κ2) is 9.65. The topological polar surface area (TPSA) is 93.5 Å². The normalized spacial score (nSPS) is 14.7. The fraction of sp³-hybridized carbons (Fsp3) is 0.214. The van der Waals surface area contributed by atoms with Gasteiger partial charge in [-0.3, -0.25) is 19.0 Å². The molecule has 0 aliphatic carbocycles. The molecule has 1 aliphatic heterocycles. The van der Waals surface area contributed by atoms with E-state index in [4.69, 9.17) is 4.74 Å². The highest BCUT2D eigenvalue weighted by Crippen LogP contribution is 2.34. The number of carbonyl (C=O) groups excluding carboxylic acids is 2. The lowest BCUT2D eigenvalue weighted by atomic mass is 10.1. The van der Waals surface area contributed by atoms with Crippen LogP contribution in [0.4, 0.5) is 5.69 Å². The summed E-state index contributed by atoms with van der Waals surface area (Å²) in [5.74, 6) is 0.528. The van der Waals surface area contributed by atoms with E-state index in [1.54, 1.807) is 60.4 Å². The Balaban J connectivity index is 1.46. The van der Waals surface area contributed by atoms with Crippen molar-refractivity contribution in [3.63, 3.8) is 0 Å². The van der Waals surface area contributed by atoms with E-state index in [-0.39, 0.29) is 23.9 Å². The highest BCUT2D eigenvalue weighted by molar-refractivity contribution is 6.08. The molecule has 2 heterocycles. The third-order valence-electron chi connectivity index (χ3n) is 6.18. The van der Waals surface area contributed by atoms with Crippen molar-refractivity contribution in [2.45, 2.75) is 26.4 Å². The fourth-order valence-electron chi connectivity index (χ4n) is 4.38. The number of hydrogen-bond donors (Lipinski definition) is 1. The SMILES string of the molecule is CCCNC(=O)[C@@H]1CN(C(=O)c2ccc(-n3c(C)nc4ccccc4c3=O)cc2)c2ccccc2O1. The van der Waals surface area contributed by atoms with E-state index >= 15 is 0 Å². The van der Waals surface area contributed by atoms with Gasteiger partial charge in [-0.2, -0.15) is 0 Å². The number of aromatic nitrogens is 2. The van der Waals surface area contributed by atoms with Crippen molar-refractivity contribution in [3.8, 4) is 11.4 Å². The minimum Gasteiger partial charge on any atom is -0.477 e. The summed E-state index contributed by atoms with van der Waals surface area (Å²) in [5, 5.41) is 3.37. The lowest BCUT2D eigenvalue weighted by molar-refractivity contribution is -0.127. The monoisotopic (exact) mass is 482 g/mol. The van der Waals surface area contributed by atoms with Crippen LogP contribution in [0.5, 0.6) is 5.75 Å². The van der Waals surface area contributed by atoms with E-state index in [0.29, 0.717) is 46.0 Å². The quantitative estimate of drug-likeness (QED) is 0.469. The van der Waals surface area contributed by atoms with Gasteiger partial charge in [0.15, 0.2) is 6.10 Å². The standard InChI is InChI=1S/C28H26N4O4/c1-3-16-29-26(33)25-17-31(23-10-6-7-11-24(23)36-25)27(34)19-12-14-20(15-13-19)32-18(2)30-22-9-5-4-8-21(22)28(32)35/h4-15,25H,3,16-17H2,1-2H3,(H,29,33)/t25-/m0/s1. The molecular weight excluding hydrogens is 456 g/mol. The highest BCUT2D eigenvalue weighted by atomic mass is 16.5. The molecule has 1 aliphatic rings. The average molecular weight is 483 g/mol. The van der Waals surface area contributed by atoms with E-state index in [1.165, 1.54) is 4.57 Å². The second-order valence-electron chi connectivity index (χ2n) is 8.64. The molecular formula is C28H26N4O4. The van der Waals surface area contributed by atoms with Crippen LogP contribution in [0.2, 0.25) is 0 Å². The van der Waals surface area contributed by atoms with Gasteiger partial charge in [0.1, 0.15) is 11.6 Å². The lowest BCUT2D eigenvalue weighted by Gasteiger charge is -2.34. The molecule has 5 rings (SSSR count). The number of nitrogens with one attached hydrogen (secondary N) is 1. The van der Waals surface area contributed by atoms with Gasteiger partial charge in [-0.15, -0.1) is 0 Å². The van der Waals surface area contributed by atoms with Crippen molar-refractivity contribution in [2.24, 2.45) is 0 Å². The molecule has 0 fully saturated rings. The molecule has 8 heteroatoms. The molecule has 1 aromatic heterocycles. The van der Waals surface area contributed by atoms with E-state index in [9.17, 15) is 14.4 Å². The Morgan fingerprint density at radius 1 is 1.03 bits per heavy atom. The second-order valence-corrected chi connectivity index (χ2v) is 8.64. The largest absolute Gasteiger partial charge is 0.477 e. The summed E-state index contributed by atoms with van der Waals surface area (Å²) in [4.78, 5) is 45.4. The summed E-state index contributed by atoms with van der Waals surface area (Å²) < 4.78 is 7.43. The van der Waals surface area contributed by atoms with E-state index < -0.39 is 6.10 Å². The molecule has 0 unspecified atom stereocenters. The first-order valence-electron chi connectivity index (χ1n) is 11.9. The number of anilines is 1. The van der Waals surface area contributed by atoms with Gasteiger partial charge >= 0.3 is 0 Å². The number of benzene rings is 3. The van der Waals surface area contributed by atoms with Crippen LogP contribution in [0.3, 0.4) is 0 Å². The molecule has 36 heavy (non-hydrogen) atoms. The van der Waals surface area contributed by atoms with Gasteiger partial charge in [0.05, 0.1) is 28.8 Å². The molecule has 0 radical (unpaired) electrons. The maximum absolute atomic E-state index is 13.6. The van der Waals surface area contributed by atoms with Crippen LogP contribution in [-0.2, 0) is 4.79 Å². The third kappa shape index (κ3) is 4.22. The molecule has 0 saturated heterocycles. The molecule has 1 N–H and O–H groups in total. The first-order chi connectivity index (χ1) is 17.5. The lowest BCUT2D eigenvalue weighted by Crippen LogP contribution is -2.50. The molecule has 0 saturated carbocycles.